The fourth-order valence-corrected chi connectivity index (χ4v) is 3.59. The van der Waals surface area contributed by atoms with Crippen LogP contribution in [0.2, 0.25) is 0 Å². The quantitative estimate of drug-likeness (QED) is 0.365. The van der Waals surface area contributed by atoms with Gasteiger partial charge in [-0.1, -0.05) is 12.1 Å². The third-order valence-corrected chi connectivity index (χ3v) is 5.08. The smallest absolute Gasteiger partial charge is 0.412 e. The van der Waals surface area contributed by atoms with Crippen LogP contribution in [0.15, 0.2) is 42.7 Å². The van der Waals surface area contributed by atoms with Crippen LogP contribution < -0.4 is 16.0 Å². The number of carbonyl (C=O) groups excluding carboxylic acids is 1. The summed E-state index contributed by atoms with van der Waals surface area (Å²) >= 11 is 0. The van der Waals surface area contributed by atoms with Crippen molar-refractivity contribution in [3.05, 3.63) is 59.4 Å². The van der Waals surface area contributed by atoms with Gasteiger partial charge < -0.3 is 26.4 Å². The summed E-state index contributed by atoms with van der Waals surface area (Å²) in [6.45, 7) is 5.21. The molecule has 0 saturated carbocycles. The average molecular weight is 453 g/mol. The number of aliphatic hydroxyl groups excluding tert-OH is 2. The lowest BCUT2D eigenvalue weighted by molar-refractivity contribution is 0.0951. The topological polar surface area (TPSA) is 162 Å². The number of benzene rings is 2. The number of hydrogen-bond donors (Lipinski definition) is 5. The predicted octanol–water partition coefficient (Wildman–Crippen LogP) is 2.65. The van der Waals surface area contributed by atoms with Crippen molar-refractivity contribution in [2.24, 2.45) is 5.73 Å². The van der Waals surface area contributed by atoms with E-state index in [1.165, 1.54) is 17.3 Å². The van der Waals surface area contributed by atoms with E-state index < -0.39 is 30.3 Å². The van der Waals surface area contributed by atoms with Crippen molar-refractivity contribution in [2.75, 3.05) is 16.8 Å². The summed E-state index contributed by atoms with van der Waals surface area (Å²) in [6, 6.07) is 10.1. The number of fused-ring (bicyclic) bond motifs is 1. The molecular formula is C23H27N5O5. The van der Waals surface area contributed by atoms with Crippen LogP contribution in [0.4, 0.5) is 16.3 Å². The number of nitrogens with zero attached hydrogens (tertiary/aromatic N) is 3. The van der Waals surface area contributed by atoms with Gasteiger partial charge in [0.1, 0.15) is 18.2 Å². The van der Waals surface area contributed by atoms with E-state index in [-0.39, 0.29) is 5.56 Å². The molecule has 0 saturated heterocycles. The molecule has 0 fully saturated rings. The third kappa shape index (κ3) is 5.18. The number of nitrogens with one attached hydrogen (secondary N) is 1. The molecule has 1 aromatic heterocycles. The van der Waals surface area contributed by atoms with Crippen LogP contribution in [0, 0.1) is 0 Å². The molecule has 10 nitrogen and oxygen atoms in total. The Balaban J connectivity index is 1.97. The highest BCUT2D eigenvalue weighted by Gasteiger charge is 2.27. The van der Waals surface area contributed by atoms with Crippen molar-refractivity contribution in [2.45, 2.75) is 39.0 Å². The molecule has 3 rings (SSSR count). The zero-order chi connectivity index (χ0) is 24.3. The Kier molecular flexibility index (Phi) is 6.80. The second-order valence-electron chi connectivity index (χ2n) is 8.56. The number of hydrogen-bond acceptors (Lipinski definition) is 7. The Bertz CT molecular complexity index is 1190. The van der Waals surface area contributed by atoms with Crippen LogP contribution in [-0.4, -0.2) is 49.4 Å². The number of aromatic nitrogens is 2. The fourth-order valence-electron chi connectivity index (χ4n) is 3.59. The van der Waals surface area contributed by atoms with Crippen molar-refractivity contribution < 1.29 is 24.9 Å². The summed E-state index contributed by atoms with van der Waals surface area (Å²) in [4.78, 5) is 33.5. The number of anilines is 2. The normalized spacial score (nSPS) is 12.4. The van der Waals surface area contributed by atoms with Crippen molar-refractivity contribution in [1.82, 2.24) is 9.97 Å². The van der Waals surface area contributed by atoms with E-state index in [9.17, 15) is 24.9 Å². The molecule has 0 radical (unpaired) electrons. The molecule has 0 aliphatic rings. The molecule has 0 aliphatic carbocycles. The molecule has 6 N–H and O–H groups in total. The maximum Gasteiger partial charge on any atom is 0.412 e. The lowest BCUT2D eigenvalue weighted by Gasteiger charge is -2.33. The monoisotopic (exact) mass is 453 g/mol. The highest BCUT2D eigenvalue weighted by atomic mass is 16.4. The summed E-state index contributed by atoms with van der Waals surface area (Å²) in [7, 11) is 0. The largest absolute Gasteiger partial charge is 0.465 e. The minimum absolute atomic E-state index is 0.102. The summed E-state index contributed by atoms with van der Waals surface area (Å²) in [6.07, 6.45) is -0.957. The molecule has 3 aromatic rings. The van der Waals surface area contributed by atoms with Gasteiger partial charge in [0, 0.05) is 23.2 Å². The summed E-state index contributed by atoms with van der Waals surface area (Å²) in [5, 5.41) is 32.7. The average Bonchev–Trinajstić information content (AvgIpc) is 2.75. The first kappa shape index (κ1) is 23.9. The molecule has 1 heterocycles. The first-order valence-electron chi connectivity index (χ1n) is 10.3. The Morgan fingerprint density at radius 1 is 1.18 bits per heavy atom. The van der Waals surface area contributed by atoms with E-state index in [4.69, 9.17) is 5.73 Å². The zero-order valence-electron chi connectivity index (χ0n) is 18.6. The van der Waals surface area contributed by atoms with Crippen molar-refractivity contribution in [1.29, 1.82) is 0 Å². The Labute approximate surface area is 190 Å². The molecule has 33 heavy (non-hydrogen) atoms. The number of primary amides is 1. The van der Waals surface area contributed by atoms with Gasteiger partial charge in [0.15, 0.2) is 0 Å². The molecule has 0 spiro atoms. The minimum Gasteiger partial charge on any atom is -0.465 e. The van der Waals surface area contributed by atoms with Crippen molar-refractivity contribution in [3.8, 4) is 0 Å². The second kappa shape index (κ2) is 9.39. The van der Waals surface area contributed by atoms with Crippen LogP contribution >= 0.6 is 0 Å². The van der Waals surface area contributed by atoms with Gasteiger partial charge in [0.25, 0.3) is 5.91 Å². The van der Waals surface area contributed by atoms with Crippen molar-refractivity contribution in [3.63, 3.8) is 0 Å². The van der Waals surface area contributed by atoms with Gasteiger partial charge in [-0.15, -0.1) is 0 Å². The number of nitrogens with two attached hydrogens (primary N) is 1. The predicted molar refractivity (Wildman–Crippen MR) is 124 cm³/mol. The van der Waals surface area contributed by atoms with Crippen LogP contribution in [-0.2, 0) is 6.54 Å². The Hall–Kier alpha value is -3.76. The van der Waals surface area contributed by atoms with Crippen LogP contribution in [0.3, 0.4) is 0 Å². The van der Waals surface area contributed by atoms with Gasteiger partial charge >= 0.3 is 6.09 Å². The summed E-state index contributed by atoms with van der Waals surface area (Å²) < 4.78 is 0. The Morgan fingerprint density at radius 3 is 2.52 bits per heavy atom. The van der Waals surface area contributed by atoms with E-state index in [0.29, 0.717) is 34.5 Å². The fraction of sp³-hybridized carbons (Fsp3) is 0.304. The summed E-state index contributed by atoms with van der Waals surface area (Å²) in [5.74, 6) is -0.328. The van der Waals surface area contributed by atoms with E-state index >= 15 is 0 Å². The molecule has 174 valence electrons. The molecule has 0 aliphatic heterocycles. The van der Waals surface area contributed by atoms with E-state index in [1.807, 2.05) is 26.8 Å². The number of aliphatic hydroxyl groups is 2. The maximum absolute atomic E-state index is 12.0. The standard InChI is InChI=1S/C23H27N5O5/c1-23(2,3)28(22(32)33)15-6-4-5-13(7-15)10-25-21-17-9-14(18(30)11-29)8-16(20(24)31)19(17)26-12-27-21/h4-9,12,18,29-30H,10-11H2,1-3H3,(H2,24,31)(H,32,33)(H,25,26,27). The first-order chi connectivity index (χ1) is 15.5. The number of amides is 2. The van der Waals surface area contributed by atoms with Gasteiger partial charge in [0.05, 0.1) is 17.7 Å². The number of carbonyl (C=O) groups is 2. The van der Waals surface area contributed by atoms with Gasteiger partial charge in [-0.2, -0.15) is 0 Å². The minimum atomic E-state index is -1.20. The van der Waals surface area contributed by atoms with Gasteiger partial charge in [-0.05, 0) is 56.2 Å². The maximum atomic E-state index is 12.0. The lowest BCUT2D eigenvalue weighted by atomic mass is 10.0. The molecule has 2 aromatic carbocycles. The van der Waals surface area contributed by atoms with E-state index in [1.54, 1.807) is 24.3 Å². The van der Waals surface area contributed by atoms with Crippen LogP contribution in [0.25, 0.3) is 10.9 Å². The lowest BCUT2D eigenvalue weighted by Crippen LogP contribution is -2.45. The van der Waals surface area contributed by atoms with E-state index in [0.717, 1.165) is 5.56 Å². The number of carboxylic acid groups (broad SMARTS) is 1. The van der Waals surface area contributed by atoms with E-state index in [2.05, 4.69) is 15.3 Å². The highest BCUT2D eigenvalue weighted by molar-refractivity contribution is 6.07. The van der Waals surface area contributed by atoms with Crippen LogP contribution in [0.1, 0.15) is 48.4 Å². The van der Waals surface area contributed by atoms with Gasteiger partial charge in [-0.25, -0.2) is 14.8 Å². The van der Waals surface area contributed by atoms with Gasteiger partial charge in [-0.3, -0.25) is 9.69 Å². The zero-order valence-corrected chi connectivity index (χ0v) is 18.6. The van der Waals surface area contributed by atoms with Crippen molar-refractivity contribution >= 4 is 34.4 Å². The Morgan fingerprint density at radius 2 is 1.91 bits per heavy atom. The first-order valence-corrected chi connectivity index (χ1v) is 10.3. The second-order valence-corrected chi connectivity index (χ2v) is 8.56. The molecular weight excluding hydrogens is 426 g/mol. The third-order valence-electron chi connectivity index (χ3n) is 5.08. The summed E-state index contributed by atoms with van der Waals surface area (Å²) in [5.41, 5.74) is 6.92. The number of rotatable bonds is 7. The highest BCUT2D eigenvalue weighted by Crippen LogP contribution is 2.29. The molecule has 10 heteroatoms. The molecule has 0 bridgehead atoms. The molecule has 2 amide bonds. The molecule has 1 atom stereocenters. The SMILES string of the molecule is CC(C)(C)N(C(=O)O)c1cccc(CNc2ncnc3c(C(N)=O)cc(C(O)CO)cc23)c1. The van der Waals surface area contributed by atoms with Gasteiger partial charge in [0.2, 0.25) is 0 Å². The van der Waals surface area contributed by atoms with Crippen LogP contribution in [0.5, 0.6) is 0 Å². The molecule has 1 unspecified atom stereocenters.